The third kappa shape index (κ3) is 4.52. The number of benzene rings is 1. The van der Waals surface area contributed by atoms with Crippen LogP contribution in [0.2, 0.25) is 5.02 Å². The minimum absolute atomic E-state index is 0.245. The molecule has 1 atom stereocenters. The number of amides is 1. The number of nitrogens with two attached hydrogens (primary N) is 1. The maximum atomic E-state index is 11.8. The van der Waals surface area contributed by atoms with Crippen LogP contribution in [0.25, 0.3) is 0 Å². The van der Waals surface area contributed by atoms with Crippen molar-refractivity contribution in [1.29, 1.82) is 0 Å². The first-order chi connectivity index (χ1) is 8.54. The average molecular weight is 273 g/mol. The maximum absolute atomic E-state index is 11.8. The van der Waals surface area contributed by atoms with Crippen LogP contribution in [0.5, 0.6) is 0 Å². The van der Waals surface area contributed by atoms with Crippen molar-refractivity contribution in [3.8, 4) is 0 Å². The first-order valence-electron chi connectivity index (χ1n) is 5.54. The molecule has 0 saturated heterocycles. The second-order valence-corrected chi connectivity index (χ2v) is 4.30. The maximum Gasteiger partial charge on any atom is 0.252 e. The van der Waals surface area contributed by atoms with E-state index in [1.54, 1.807) is 12.1 Å². The fraction of sp³-hybridized carbons (Fsp3) is 0.417. The highest BCUT2D eigenvalue weighted by molar-refractivity contribution is 6.34. The van der Waals surface area contributed by atoms with Crippen molar-refractivity contribution in [1.82, 2.24) is 5.32 Å². The molecule has 0 heterocycles. The van der Waals surface area contributed by atoms with E-state index in [9.17, 15) is 9.90 Å². The molecular formula is C12H17ClN2O3. The lowest BCUT2D eigenvalue weighted by Crippen LogP contribution is -2.28. The normalized spacial score (nSPS) is 12.2. The molecule has 0 aliphatic rings. The molecule has 0 saturated carbocycles. The molecule has 6 heteroatoms. The van der Waals surface area contributed by atoms with Crippen molar-refractivity contribution in [3.05, 3.63) is 28.8 Å². The number of halogens is 1. The molecule has 0 aliphatic heterocycles. The van der Waals surface area contributed by atoms with Gasteiger partial charge >= 0.3 is 0 Å². The molecule has 1 aromatic rings. The van der Waals surface area contributed by atoms with Gasteiger partial charge in [-0.15, -0.1) is 0 Å². The molecule has 0 bridgehead atoms. The first kappa shape index (κ1) is 14.8. The second kappa shape index (κ2) is 7.20. The molecule has 4 N–H and O–H groups in total. The molecule has 1 aromatic carbocycles. The fourth-order valence-corrected chi connectivity index (χ4v) is 1.64. The third-order valence-electron chi connectivity index (χ3n) is 2.36. The number of methoxy groups -OCH3 is 1. The molecule has 0 fully saturated rings. The summed E-state index contributed by atoms with van der Waals surface area (Å²) in [5, 5.41) is 12.4. The van der Waals surface area contributed by atoms with Crippen LogP contribution in [-0.4, -0.2) is 37.4 Å². The molecular weight excluding hydrogens is 256 g/mol. The Hall–Kier alpha value is -1.30. The third-order valence-corrected chi connectivity index (χ3v) is 2.69. The van der Waals surface area contributed by atoms with Crippen molar-refractivity contribution in [2.24, 2.45) is 0 Å². The number of hydrogen-bond donors (Lipinski definition) is 3. The van der Waals surface area contributed by atoms with E-state index in [2.05, 4.69) is 5.32 Å². The molecule has 0 spiro atoms. The lowest BCUT2D eigenvalue weighted by Gasteiger charge is -2.11. The lowest BCUT2D eigenvalue weighted by atomic mass is 10.2. The Morgan fingerprint density at radius 2 is 2.33 bits per heavy atom. The number of nitrogen functional groups attached to an aromatic ring is 1. The summed E-state index contributed by atoms with van der Waals surface area (Å²) in [5.41, 5.74) is 6.39. The van der Waals surface area contributed by atoms with E-state index in [0.29, 0.717) is 29.2 Å². The topological polar surface area (TPSA) is 84.6 Å². The fourth-order valence-electron chi connectivity index (χ4n) is 1.44. The number of aliphatic hydroxyl groups is 1. The Labute approximate surface area is 111 Å². The molecule has 1 amide bonds. The van der Waals surface area contributed by atoms with Crippen LogP contribution in [0.3, 0.4) is 0 Å². The number of nitrogens with one attached hydrogen (secondary N) is 1. The van der Waals surface area contributed by atoms with E-state index in [1.807, 2.05) is 0 Å². The lowest BCUT2D eigenvalue weighted by molar-refractivity contribution is 0.0587. The summed E-state index contributed by atoms with van der Waals surface area (Å²) < 4.78 is 4.78. The number of ether oxygens (including phenoxy) is 1. The van der Waals surface area contributed by atoms with Gasteiger partial charge in [0.05, 0.1) is 23.3 Å². The number of hydrogen-bond acceptors (Lipinski definition) is 4. The first-order valence-corrected chi connectivity index (χ1v) is 5.92. The van der Waals surface area contributed by atoms with Gasteiger partial charge in [-0.25, -0.2) is 0 Å². The highest BCUT2D eigenvalue weighted by atomic mass is 35.5. The molecule has 0 aliphatic carbocycles. The summed E-state index contributed by atoms with van der Waals surface area (Å²) in [6.45, 7) is 0.587. The highest BCUT2D eigenvalue weighted by Crippen LogP contribution is 2.18. The van der Waals surface area contributed by atoms with Crippen molar-refractivity contribution >= 4 is 23.2 Å². The van der Waals surface area contributed by atoms with E-state index in [1.165, 1.54) is 13.2 Å². The van der Waals surface area contributed by atoms with Crippen LogP contribution >= 0.6 is 11.6 Å². The van der Waals surface area contributed by atoms with Crippen molar-refractivity contribution < 1.29 is 14.6 Å². The zero-order valence-electron chi connectivity index (χ0n) is 10.1. The number of carbonyl (C=O) groups is 1. The van der Waals surface area contributed by atoms with Crippen molar-refractivity contribution in [3.63, 3.8) is 0 Å². The Kier molecular flexibility index (Phi) is 5.91. The van der Waals surface area contributed by atoms with Gasteiger partial charge in [-0.05, 0) is 24.6 Å². The van der Waals surface area contributed by atoms with Crippen LogP contribution in [0.15, 0.2) is 18.2 Å². The van der Waals surface area contributed by atoms with E-state index >= 15 is 0 Å². The predicted octanol–water partition coefficient (Wildman–Crippen LogP) is 1.05. The standard InChI is InChI=1S/C12H17ClN2O3/c1-18-7-9(16)4-5-15-12(17)10-6-8(14)2-3-11(10)13/h2-3,6,9,16H,4-5,7,14H2,1H3,(H,15,17). The van der Waals surface area contributed by atoms with Crippen molar-refractivity contribution in [2.75, 3.05) is 26.0 Å². The zero-order chi connectivity index (χ0) is 13.5. The summed E-state index contributed by atoms with van der Waals surface area (Å²) in [5.74, 6) is -0.308. The van der Waals surface area contributed by atoms with Gasteiger partial charge in [-0.3, -0.25) is 4.79 Å². The van der Waals surface area contributed by atoms with Gasteiger partial charge in [0.15, 0.2) is 0 Å². The van der Waals surface area contributed by atoms with Crippen molar-refractivity contribution in [2.45, 2.75) is 12.5 Å². The van der Waals surface area contributed by atoms with Crippen LogP contribution in [0.1, 0.15) is 16.8 Å². The highest BCUT2D eigenvalue weighted by Gasteiger charge is 2.11. The van der Waals surface area contributed by atoms with Crippen LogP contribution in [-0.2, 0) is 4.74 Å². The predicted molar refractivity (Wildman–Crippen MR) is 70.7 cm³/mol. The largest absolute Gasteiger partial charge is 0.399 e. The minimum atomic E-state index is -0.591. The summed E-state index contributed by atoms with van der Waals surface area (Å²) in [7, 11) is 1.51. The van der Waals surface area contributed by atoms with Crippen LogP contribution < -0.4 is 11.1 Å². The van der Waals surface area contributed by atoms with E-state index in [-0.39, 0.29) is 12.5 Å². The molecule has 0 aromatic heterocycles. The Bertz CT molecular complexity index is 412. The van der Waals surface area contributed by atoms with Crippen LogP contribution in [0, 0.1) is 0 Å². The summed E-state index contributed by atoms with van der Waals surface area (Å²) >= 11 is 5.90. The van der Waals surface area contributed by atoms with Gasteiger partial charge < -0.3 is 20.9 Å². The van der Waals surface area contributed by atoms with Gasteiger partial charge in [0.2, 0.25) is 0 Å². The smallest absolute Gasteiger partial charge is 0.252 e. The summed E-state index contributed by atoms with van der Waals surface area (Å²) in [6, 6.07) is 4.72. The number of carbonyl (C=O) groups excluding carboxylic acids is 1. The van der Waals surface area contributed by atoms with E-state index < -0.39 is 6.10 Å². The van der Waals surface area contributed by atoms with Gasteiger partial charge in [0.1, 0.15) is 0 Å². The van der Waals surface area contributed by atoms with E-state index in [4.69, 9.17) is 22.1 Å². The Morgan fingerprint density at radius 1 is 1.61 bits per heavy atom. The SMILES string of the molecule is COCC(O)CCNC(=O)c1cc(N)ccc1Cl. The average Bonchev–Trinajstić information content (AvgIpc) is 2.32. The minimum Gasteiger partial charge on any atom is -0.399 e. The zero-order valence-corrected chi connectivity index (χ0v) is 10.9. The number of anilines is 1. The molecule has 1 rings (SSSR count). The monoisotopic (exact) mass is 272 g/mol. The van der Waals surface area contributed by atoms with Gasteiger partial charge in [-0.2, -0.15) is 0 Å². The Balaban J connectivity index is 2.48. The van der Waals surface area contributed by atoms with Gasteiger partial charge in [0, 0.05) is 19.3 Å². The quantitative estimate of drug-likeness (QED) is 0.676. The van der Waals surface area contributed by atoms with Crippen LogP contribution in [0.4, 0.5) is 5.69 Å². The molecule has 1 unspecified atom stereocenters. The molecule has 0 radical (unpaired) electrons. The summed E-state index contributed by atoms with van der Waals surface area (Å²) in [4.78, 5) is 11.8. The second-order valence-electron chi connectivity index (χ2n) is 3.89. The van der Waals surface area contributed by atoms with Gasteiger partial charge in [-0.1, -0.05) is 11.6 Å². The molecule has 18 heavy (non-hydrogen) atoms. The number of aliphatic hydroxyl groups excluding tert-OH is 1. The number of rotatable bonds is 6. The molecule has 100 valence electrons. The van der Waals surface area contributed by atoms with E-state index in [0.717, 1.165) is 0 Å². The Morgan fingerprint density at radius 3 is 3.00 bits per heavy atom. The van der Waals surface area contributed by atoms with Gasteiger partial charge in [0.25, 0.3) is 5.91 Å². The summed E-state index contributed by atoms with van der Waals surface area (Å²) in [6.07, 6.45) is -0.175. The molecule has 5 nitrogen and oxygen atoms in total.